The number of methoxy groups -OCH3 is 2. The largest absolute Gasteiger partial charge is 0.497 e. The van der Waals surface area contributed by atoms with E-state index in [0.29, 0.717) is 46.2 Å². The Bertz CT molecular complexity index is 5300. The summed E-state index contributed by atoms with van der Waals surface area (Å²) in [6.45, 7) is 31.2. The number of hydrogen-bond acceptors (Lipinski definition) is 18. The summed E-state index contributed by atoms with van der Waals surface area (Å²) in [6, 6.07) is 59.7. The molecule has 12 aromatic rings. The number of para-hydroxylation sites is 2. The number of halogens is 3. The van der Waals surface area contributed by atoms with Crippen LogP contribution in [0.2, 0.25) is 15.1 Å². The molecule has 4 fully saturated rings. The fourth-order valence-corrected chi connectivity index (χ4v) is 17.9. The van der Waals surface area contributed by atoms with E-state index < -0.39 is 6.10 Å². The minimum absolute atomic E-state index is 0.0635. The summed E-state index contributed by atoms with van der Waals surface area (Å²) in [5, 5.41) is 41.6. The number of pyridine rings is 4. The second-order valence-electron chi connectivity index (χ2n) is 32.0. The van der Waals surface area contributed by atoms with Gasteiger partial charge >= 0.3 is 5.69 Å². The molecule has 642 valence electrons. The van der Waals surface area contributed by atoms with E-state index in [1.54, 1.807) is 35.7 Å². The van der Waals surface area contributed by atoms with E-state index in [1.165, 1.54) is 41.0 Å². The highest BCUT2D eigenvalue weighted by atomic mass is 35.5. The molecule has 7 aromatic carbocycles. The molecule has 121 heavy (non-hydrogen) atoms. The predicted octanol–water partition coefficient (Wildman–Crippen LogP) is 18.8. The van der Waals surface area contributed by atoms with E-state index in [2.05, 4.69) is 174 Å². The number of aryl methyl sites for hydroxylation is 3. The van der Waals surface area contributed by atoms with E-state index in [9.17, 15) is 9.90 Å². The second-order valence-corrected chi connectivity index (χ2v) is 33.4. The van der Waals surface area contributed by atoms with Crippen LogP contribution >= 0.6 is 34.8 Å². The van der Waals surface area contributed by atoms with Crippen LogP contribution in [0.15, 0.2) is 212 Å². The molecule has 7 atom stereocenters. The Morgan fingerprint density at radius 2 is 1.25 bits per heavy atom. The zero-order valence-electron chi connectivity index (χ0n) is 71.9. The van der Waals surface area contributed by atoms with Gasteiger partial charge in [-0.25, -0.2) is 14.5 Å². The van der Waals surface area contributed by atoms with Crippen molar-refractivity contribution in [1.29, 1.82) is 0 Å². The molecule has 4 saturated heterocycles. The molecular formula is C98H124Cl3N15O5. The Balaban J connectivity index is 0.000000139. The Labute approximate surface area is 730 Å². The van der Waals surface area contributed by atoms with Gasteiger partial charge in [-0.3, -0.25) is 24.2 Å². The van der Waals surface area contributed by atoms with Gasteiger partial charge < -0.3 is 55.2 Å². The standard InChI is InChI=1S/C23H30ClN3O.C20H24N2O2.C19H22ClN5O.C18H26ClN3O.C18H22N2/c1-5-27(6-2)13-7-8-16(3)25-23-19-11-9-17(24)14-22(19)26-21-12-10-18(28-4)15-20(21)23;1-3-13-12-22-9-7-14(13)10-19(22)20(23)16-6-8-21-18-5-4-15(24-2)11-17(16)18;20-16-5-3-6-17(15-16)23-13-11-22(12-14-23)8-4-10-25-19(26)24-9-2-1-7-18(24)21-25;1-3-22(11-12-23)10-4-5-14(2)21-17-8-9-20-18-13-15(19)6-7-16(17)18;1-19-13-6-14-20-17-9-4-2-7-15(17)11-12-16-8-3-5-10-18(16)20/h9-12,14-16H,5-8,13H2,1-4H3,(H,25,26);3-6,8,11,13-14,19-20,23H,1,7,9-10,12H2,2H3;1-3,5-7,9,15H,4,8,10-14H2;6-9,13-14,23H,3-5,10-12H2,1-2H3,(H,20,21);2-5,7-10,19H,6,11-14H2,1H3/t;13-,14-,19-,20+;;;/m.0.../s1. The third-order valence-corrected chi connectivity index (χ3v) is 24.9. The molecule has 5 N–H and O–H groups in total. The number of piperidine rings is 3. The monoisotopic (exact) mass is 1700 g/mol. The normalized spacial score (nSPS) is 17.0. The van der Waals surface area contributed by atoms with Gasteiger partial charge in [0.2, 0.25) is 0 Å². The van der Waals surface area contributed by atoms with Gasteiger partial charge in [-0.15, -0.1) is 11.7 Å². The molecule has 17 rings (SSSR count). The van der Waals surface area contributed by atoms with Crippen LogP contribution in [0.25, 0.3) is 49.3 Å². The molecule has 0 saturated carbocycles. The van der Waals surface area contributed by atoms with Crippen LogP contribution in [-0.2, 0) is 19.4 Å². The molecular weight excluding hydrogens is 1570 g/mol. The lowest BCUT2D eigenvalue weighted by molar-refractivity contribution is -0.0444. The Morgan fingerprint density at radius 3 is 1.90 bits per heavy atom. The van der Waals surface area contributed by atoms with Crippen LogP contribution in [0.1, 0.15) is 109 Å². The van der Waals surface area contributed by atoms with Crippen LogP contribution in [0.4, 0.5) is 28.4 Å². The van der Waals surface area contributed by atoms with E-state index in [1.807, 2.05) is 122 Å². The number of aliphatic hydroxyl groups is 2. The fraction of sp³-hybridized carbons (Fsp3) is 0.418. The molecule has 5 aromatic heterocycles. The zero-order chi connectivity index (χ0) is 85.2. The molecule has 2 bridgehead atoms. The summed E-state index contributed by atoms with van der Waals surface area (Å²) in [7, 11) is 5.37. The van der Waals surface area contributed by atoms with Gasteiger partial charge in [0.25, 0.3) is 0 Å². The molecule has 0 radical (unpaired) electrons. The number of rotatable bonds is 31. The summed E-state index contributed by atoms with van der Waals surface area (Å²) in [6.07, 6.45) is 18.0. The number of anilines is 5. The number of aromatic nitrogens is 6. The molecule has 20 nitrogen and oxygen atoms in total. The first kappa shape index (κ1) is 90.8. The number of fused-ring (bicyclic) bond motifs is 10. The maximum atomic E-state index is 12.3. The maximum Gasteiger partial charge on any atom is 0.350 e. The first-order valence-corrected chi connectivity index (χ1v) is 44.7. The molecule has 0 aliphatic carbocycles. The summed E-state index contributed by atoms with van der Waals surface area (Å²) < 4.78 is 14.0. The molecule has 5 aliphatic rings. The lowest BCUT2D eigenvalue weighted by Crippen LogP contribution is -2.54. The predicted molar refractivity (Wildman–Crippen MR) is 504 cm³/mol. The Hall–Kier alpha value is -9.42. The molecule has 0 amide bonds. The number of aliphatic hydroxyl groups excluding tert-OH is 2. The summed E-state index contributed by atoms with van der Waals surface area (Å²) in [5.41, 5.74) is 14.3. The Morgan fingerprint density at radius 1 is 0.612 bits per heavy atom. The number of ether oxygens (including phenoxy) is 2. The highest BCUT2D eigenvalue weighted by molar-refractivity contribution is 6.32. The lowest BCUT2D eigenvalue weighted by Gasteiger charge is -2.50. The smallest absolute Gasteiger partial charge is 0.350 e. The number of nitrogens with one attached hydrogen (secondary N) is 3. The number of hydrogen-bond donors (Lipinski definition) is 5. The first-order chi connectivity index (χ1) is 59.0. The average Bonchev–Trinajstić information content (AvgIpc) is 1.58. The van der Waals surface area contributed by atoms with Crippen molar-refractivity contribution in [2.24, 2.45) is 11.8 Å². The highest BCUT2D eigenvalue weighted by Gasteiger charge is 2.42. The van der Waals surface area contributed by atoms with Crippen molar-refractivity contribution < 1.29 is 19.7 Å². The van der Waals surface area contributed by atoms with E-state index >= 15 is 0 Å². The van der Waals surface area contributed by atoms with Gasteiger partial charge in [0, 0.05) is 155 Å². The summed E-state index contributed by atoms with van der Waals surface area (Å²) in [4.78, 5) is 40.4. The lowest BCUT2D eigenvalue weighted by atomic mass is 9.73. The van der Waals surface area contributed by atoms with Gasteiger partial charge in [-0.05, 0) is 287 Å². The SMILES string of the molecule is C=C[C@H]1CN2CC[C@H]1C[C@H]2[C@H](O)c1ccnc2ccc(OC)cc12.CCN(CC)CCCC(C)Nc1c2ccc(Cl)cc2nc2ccc(OC)cc12.CCN(CCO)CCCC(C)Nc1ccnc2cc(Cl)ccc12.CNCCCN1c2ccccc2CCc2ccccc21.O=c1n(CCCN2CCN(c3cccc(Cl)c3)CC2)nc2ccccn12. The highest BCUT2D eigenvalue weighted by Crippen LogP contribution is 2.43. The van der Waals surface area contributed by atoms with Crippen molar-refractivity contribution in [2.45, 2.75) is 130 Å². The number of benzene rings is 7. The van der Waals surface area contributed by atoms with Crippen molar-refractivity contribution in [1.82, 2.24) is 54.0 Å². The zero-order valence-corrected chi connectivity index (χ0v) is 74.2. The van der Waals surface area contributed by atoms with Crippen molar-refractivity contribution in [2.75, 3.05) is 146 Å². The van der Waals surface area contributed by atoms with Gasteiger partial charge in [0.15, 0.2) is 5.65 Å². The number of likely N-dealkylation sites (N-methyl/N-ethyl adjacent to an activating group) is 1. The fourth-order valence-electron chi connectivity index (χ4n) is 17.4. The van der Waals surface area contributed by atoms with E-state index in [0.717, 1.165) is 227 Å². The van der Waals surface area contributed by atoms with Crippen LogP contribution in [0.5, 0.6) is 11.5 Å². The first-order valence-electron chi connectivity index (χ1n) is 43.5. The van der Waals surface area contributed by atoms with Crippen molar-refractivity contribution in [3.8, 4) is 11.5 Å². The van der Waals surface area contributed by atoms with Gasteiger partial charge in [-0.2, -0.15) is 0 Å². The minimum Gasteiger partial charge on any atom is -0.497 e. The third-order valence-electron chi connectivity index (χ3n) is 24.2. The van der Waals surface area contributed by atoms with Crippen LogP contribution < -0.4 is 40.9 Å². The summed E-state index contributed by atoms with van der Waals surface area (Å²) >= 11 is 18.3. The van der Waals surface area contributed by atoms with E-state index in [-0.39, 0.29) is 18.3 Å². The molecule has 10 heterocycles. The number of nitrogens with zero attached hydrogens (tertiary/aromatic N) is 12. The molecule has 5 aliphatic heterocycles. The quantitative estimate of drug-likeness (QED) is 0.0156. The topological polar surface area (TPSA) is 192 Å². The van der Waals surface area contributed by atoms with Crippen molar-refractivity contribution >= 4 is 112 Å². The van der Waals surface area contributed by atoms with Crippen LogP contribution in [0, 0.1) is 11.8 Å². The van der Waals surface area contributed by atoms with Crippen LogP contribution in [-0.4, -0.2) is 203 Å². The van der Waals surface area contributed by atoms with Gasteiger partial charge in [0.05, 0.1) is 54.7 Å². The Kier molecular flexibility index (Phi) is 34.2. The number of piperazine rings is 1. The minimum atomic E-state index is -0.504. The van der Waals surface area contributed by atoms with Crippen molar-refractivity contribution in [3.05, 3.63) is 249 Å². The summed E-state index contributed by atoms with van der Waals surface area (Å²) in [5.74, 6) is 2.84. The molecule has 23 heteroatoms. The third kappa shape index (κ3) is 24.3. The maximum absolute atomic E-state index is 12.3. The second kappa shape index (κ2) is 45.6. The molecule has 0 spiro atoms. The molecule has 3 unspecified atom stereocenters. The van der Waals surface area contributed by atoms with E-state index in [4.69, 9.17) is 54.4 Å². The van der Waals surface area contributed by atoms with Crippen molar-refractivity contribution in [3.63, 3.8) is 0 Å². The van der Waals surface area contributed by atoms with Gasteiger partial charge in [0.1, 0.15) is 11.5 Å². The average molecular weight is 1700 g/mol. The van der Waals surface area contributed by atoms with Gasteiger partial charge in [-0.1, -0.05) is 110 Å². The van der Waals surface area contributed by atoms with Crippen LogP contribution in [0.3, 0.4) is 0 Å².